The maximum Gasteiger partial charge on any atom is 0.127 e. The molecule has 6 nitrogen and oxygen atoms in total. The normalized spacial score (nSPS) is 10.6. The molecule has 4 aromatic rings. The fourth-order valence-electron chi connectivity index (χ4n) is 3.74. The Morgan fingerprint density at radius 1 is 0.424 bits per heavy atom. The van der Waals surface area contributed by atoms with Gasteiger partial charge in [0.2, 0.25) is 0 Å². The molecule has 0 aromatic heterocycles. The monoisotopic (exact) mass is 444 g/mol. The second-order valence-electron chi connectivity index (χ2n) is 7.45. The standard InChI is InChI=1S/C27H24O6/c1-31-19-4-7-22(25(28)13-19)16-10-17(23-8-5-20(32-2)14-26(23)29)12-18(11-16)24-9-6-21(33-3)15-27(24)30/h4-15,28-30H,1-3H3. The largest absolute Gasteiger partial charge is 0.507 e. The lowest BCUT2D eigenvalue weighted by Gasteiger charge is -2.15. The molecule has 0 atom stereocenters. The quantitative estimate of drug-likeness (QED) is 0.347. The Bertz CT molecular complexity index is 1140. The Labute approximate surface area is 191 Å². The predicted octanol–water partition coefficient (Wildman–Crippen LogP) is 5.83. The van der Waals surface area contributed by atoms with Crippen LogP contribution in [-0.2, 0) is 0 Å². The first-order chi connectivity index (χ1) is 15.9. The fourth-order valence-corrected chi connectivity index (χ4v) is 3.74. The highest BCUT2D eigenvalue weighted by molar-refractivity contribution is 5.86. The van der Waals surface area contributed by atoms with Crippen molar-refractivity contribution < 1.29 is 29.5 Å². The van der Waals surface area contributed by atoms with Crippen LogP contribution in [0.3, 0.4) is 0 Å². The van der Waals surface area contributed by atoms with Gasteiger partial charge in [-0.1, -0.05) is 0 Å². The van der Waals surface area contributed by atoms with Crippen LogP contribution in [0, 0.1) is 0 Å². The molecule has 0 aliphatic heterocycles. The van der Waals surface area contributed by atoms with Gasteiger partial charge >= 0.3 is 0 Å². The average molecular weight is 444 g/mol. The molecule has 0 unspecified atom stereocenters. The molecule has 0 spiro atoms. The minimum atomic E-state index is 0.0513. The van der Waals surface area contributed by atoms with E-state index >= 15 is 0 Å². The molecule has 0 amide bonds. The molecule has 4 aromatic carbocycles. The first-order valence-corrected chi connectivity index (χ1v) is 10.2. The maximum absolute atomic E-state index is 10.6. The molecule has 0 aliphatic rings. The van der Waals surface area contributed by atoms with Crippen LogP contribution < -0.4 is 14.2 Å². The van der Waals surface area contributed by atoms with Crippen molar-refractivity contribution in [1.82, 2.24) is 0 Å². The van der Waals surface area contributed by atoms with E-state index in [0.717, 1.165) is 0 Å². The molecular formula is C27H24O6. The topological polar surface area (TPSA) is 88.4 Å². The number of ether oxygens (including phenoxy) is 3. The van der Waals surface area contributed by atoms with Gasteiger partial charge in [0, 0.05) is 34.9 Å². The molecule has 0 heterocycles. The first kappa shape index (κ1) is 21.9. The second kappa shape index (κ2) is 9.04. The minimum absolute atomic E-state index is 0.0513. The van der Waals surface area contributed by atoms with Crippen molar-refractivity contribution in [2.75, 3.05) is 21.3 Å². The molecule has 0 bridgehead atoms. The number of hydrogen-bond donors (Lipinski definition) is 3. The van der Waals surface area contributed by atoms with Crippen molar-refractivity contribution in [3.8, 4) is 67.9 Å². The summed E-state index contributed by atoms with van der Waals surface area (Å²) in [4.78, 5) is 0. The van der Waals surface area contributed by atoms with Gasteiger partial charge < -0.3 is 29.5 Å². The zero-order valence-corrected chi connectivity index (χ0v) is 18.5. The zero-order chi connectivity index (χ0) is 23.5. The molecule has 0 aliphatic carbocycles. The van der Waals surface area contributed by atoms with Crippen molar-refractivity contribution in [2.24, 2.45) is 0 Å². The van der Waals surface area contributed by atoms with Crippen molar-refractivity contribution in [3.63, 3.8) is 0 Å². The molecule has 168 valence electrons. The predicted molar refractivity (Wildman–Crippen MR) is 127 cm³/mol. The van der Waals surface area contributed by atoms with E-state index in [9.17, 15) is 15.3 Å². The van der Waals surface area contributed by atoms with Gasteiger partial charge in [-0.2, -0.15) is 0 Å². The summed E-state index contributed by atoms with van der Waals surface area (Å²) in [6.07, 6.45) is 0. The van der Waals surface area contributed by atoms with Crippen LogP contribution in [0.4, 0.5) is 0 Å². The van der Waals surface area contributed by atoms with E-state index in [2.05, 4.69) is 0 Å². The third-order valence-electron chi connectivity index (χ3n) is 5.48. The summed E-state index contributed by atoms with van der Waals surface area (Å²) in [7, 11) is 4.60. The Hall–Kier alpha value is -4.32. The third kappa shape index (κ3) is 4.36. The summed E-state index contributed by atoms with van der Waals surface area (Å²) in [5.41, 5.74) is 3.86. The van der Waals surface area contributed by atoms with E-state index in [1.165, 1.54) is 39.5 Å². The number of rotatable bonds is 6. The molecule has 0 radical (unpaired) electrons. The van der Waals surface area contributed by atoms with Gasteiger partial charge in [-0.25, -0.2) is 0 Å². The second-order valence-corrected chi connectivity index (χ2v) is 7.45. The summed E-state index contributed by atoms with van der Waals surface area (Å²) in [6, 6.07) is 20.8. The van der Waals surface area contributed by atoms with Crippen LogP contribution in [0.15, 0.2) is 72.8 Å². The fraction of sp³-hybridized carbons (Fsp3) is 0.111. The van der Waals surface area contributed by atoms with Gasteiger partial charge in [-0.05, 0) is 71.3 Å². The number of aromatic hydroxyl groups is 3. The van der Waals surface area contributed by atoms with Crippen molar-refractivity contribution in [2.45, 2.75) is 0 Å². The van der Waals surface area contributed by atoms with E-state index < -0.39 is 0 Å². The zero-order valence-electron chi connectivity index (χ0n) is 18.5. The van der Waals surface area contributed by atoms with Crippen LogP contribution in [0.1, 0.15) is 0 Å². The van der Waals surface area contributed by atoms with Crippen LogP contribution in [0.2, 0.25) is 0 Å². The molecule has 33 heavy (non-hydrogen) atoms. The van der Waals surface area contributed by atoms with E-state index in [1.54, 1.807) is 36.4 Å². The Kier molecular flexibility index (Phi) is 6.00. The van der Waals surface area contributed by atoms with E-state index in [0.29, 0.717) is 50.6 Å². The maximum atomic E-state index is 10.6. The summed E-state index contributed by atoms with van der Waals surface area (Å²) in [6.45, 7) is 0. The van der Waals surface area contributed by atoms with Crippen molar-refractivity contribution in [3.05, 3.63) is 72.8 Å². The average Bonchev–Trinajstić information content (AvgIpc) is 2.83. The molecule has 0 saturated heterocycles. The lowest BCUT2D eigenvalue weighted by atomic mass is 9.92. The van der Waals surface area contributed by atoms with Crippen LogP contribution in [0.25, 0.3) is 33.4 Å². The number of hydrogen-bond acceptors (Lipinski definition) is 6. The smallest absolute Gasteiger partial charge is 0.127 e. The molecular weight excluding hydrogens is 420 g/mol. The van der Waals surface area contributed by atoms with E-state index in [1.807, 2.05) is 18.2 Å². The van der Waals surface area contributed by atoms with Crippen LogP contribution in [-0.4, -0.2) is 36.6 Å². The number of benzene rings is 4. The Balaban J connectivity index is 1.94. The highest BCUT2D eigenvalue weighted by Crippen LogP contribution is 2.42. The van der Waals surface area contributed by atoms with Crippen LogP contribution >= 0.6 is 0 Å². The minimum Gasteiger partial charge on any atom is -0.507 e. The van der Waals surface area contributed by atoms with E-state index in [4.69, 9.17) is 14.2 Å². The number of phenolic OH excluding ortho intramolecular Hbond substituents is 3. The summed E-state index contributed by atoms with van der Waals surface area (Å²) < 4.78 is 15.6. The SMILES string of the molecule is COc1ccc(-c2cc(-c3ccc(OC)cc3O)cc(-c3ccc(OC)cc3O)c2)c(O)c1. The first-order valence-electron chi connectivity index (χ1n) is 10.2. The van der Waals surface area contributed by atoms with Gasteiger partial charge in [0.05, 0.1) is 21.3 Å². The lowest BCUT2D eigenvalue weighted by Crippen LogP contribution is -1.90. The molecule has 6 heteroatoms. The summed E-state index contributed by atoms with van der Waals surface area (Å²) in [5, 5.41) is 31.9. The van der Waals surface area contributed by atoms with Crippen molar-refractivity contribution >= 4 is 0 Å². The van der Waals surface area contributed by atoms with Gasteiger partial charge in [-0.3, -0.25) is 0 Å². The highest BCUT2D eigenvalue weighted by Gasteiger charge is 2.15. The van der Waals surface area contributed by atoms with E-state index in [-0.39, 0.29) is 17.2 Å². The van der Waals surface area contributed by atoms with Gasteiger partial charge in [0.15, 0.2) is 0 Å². The summed E-state index contributed by atoms with van der Waals surface area (Å²) in [5.74, 6) is 1.76. The van der Waals surface area contributed by atoms with Crippen molar-refractivity contribution in [1.29, 1.82) is 0 Å². The number of phenols is 3. The molecule has 0 saturated carbocycles. The van der Waals surface area contributed by atoms with Gasteiger partial charge in [-0.15, -0.1) is 0 Å². The lowest BCUT2D eigenvalue weighted by molar-refractivity contribution is 0.408. The van der Waals surface area contributed by atoms with Gasteiger partial charge in [0.25, 0.3) is 0 Å². The molecule has 4 rings (SSSR count). The molecule has 0 fully saturated rings. The third-order valence-corrected chi connectivity index (χ3v) is 5.48. The number of methoxy groups -OCH3 is 3. The molecule has 3 N–H and O–H groups in total. The van der Waals surface area contributed by atoms with Gasteiger partial charge in [0.1, 0.15) is 34.5 Å². The Morgan fingerprint density at radius 2 is 0.697 bits per heavy atom. The summed E-state index contributed by atoms with van der Waals surface area (Å²) >= 11 is 0. The highest BCUT2D eigenvalue weighted by atomic mass is 16.5. The Morgan fingerprint density at radius 3 is 0.909 bits per heavy atom. The van der Waals surface area contributed by atoms with Crippen LogP contribution in [0.5, 0.6) is 34.5 Å².